The van der Waals surface area contributed by atoms with E-state index in [4.69, 9.17) is 21.1 Å². The molecule has 1 aliphatic rings. The number of rotatable bonds is 7. The van der Waals surface area contributed by atoms with E-state index in [-0.39, 0.29) is 17.9 Å². The van der Waals surface area contributed by atoms with Crippen LogP contribution in [0.1, 0.15) is 29.7 Å². The first-order chi connectivity index (χ1) is 16.4. The molecule has 1 unspecified atom stereocenters. The average Bonchev–Trinajstić information content (AvgIpc) is 3.10. The van der Waals surface area contributed by atoms with Gasteiger partial charge in [-0.2, -0.15) is 0 Å². The first-order valence-electron chi connectivity index (χ1n) is 10.8. The standard InChI is InChI=1S/C27H24ClNO5/c1-3-34-22-14-8-18(9-15-22)24-23(25(30)19-6-10-20(28)11-7-19)26(31)27(32)29(24)16-17-4-12-21(33-2)13-5-17/h4-15,24,30H,3,16H2,1-2H3/b25-23-. The molecule has 0 saturated carbocycles. The molecule has 0 aromatic heterocycles. The van der Waals surface area contributed by atoms with Gasteiger partial charge in [0.25, 0.3) is 11.7 Å². The number of carbonyl (C=O) groups is 2. The molecule has 0 aliphatic carbocycles. The Labute approximate surface area is 203 Å². The second-order valence-corrected chi connectivity index (χ2v) is 8.22. The van der Waals surface area contributed by atoms with Crippen molar-refractivity contribution in [2.45, 2.75) is 19.5 Å². The minimum absolute atomic E-state index is 0.0324. The van der Waals surface area contributed by atoms with Gasteiger partial charge in [-0.1, -0.05) is 35.9 Å². The van der Waals surface area contributed by atoms with E-state index in [1.165, 1.54) is 4.90 Å². The number of aliphatic hydroxyl groups is 1. The first-order valence-corrected chi connectivity index (χ1v) is 11.2. The quantitative estimate of drug-likeness (QED) is 0.281. The van der Waals surface area contributed by atoms with E-state index in [9.17, 15) is 14.7 Å². The fraction of sp³-hybridized carbons (Fsp3) is 0.185. The number of amides is 1. The topological polar surface area (TPSA) is 76.1 Å². The number of carbonyl (C=O) groups excluding carboxylic acids is 2. The monoisotopic (exact) mass is 477 g/mol. The van der Waals surface area contributed by atoms with Crippen molar-refractivity contribution in [3.8, 4) is 11.5 Å². The molecule has 6 nitrogen and oxygen atoms in total. The summed E-state index contributed by atoms with van der Waals surface area (Å²) in [6, 6.07) is 20.2. The zero-order valence-corrected chi connectivity index (χ0v) is 19.6. The number of ether oxygens (including phenoxy) is 2. The van der Waals surface area contributed by atoms with Crippen molar-refractivity contribution in [1.29, 1.82) is 0 Å². The van der Waals surface area contributed by atoms with Crippen molar-refractivity contribution in [1.82, 2.24) is 4.90 Å². The summed E-state index contributed by atoms with van der Waals surface area (Å²) in [5.41, 5.74) is 1.95. The molecular weight excluding hydrogens is 454 g/mol. The molecule has 3 aromatic rings. The number of halogens is 1. The lowest BCUT2D eigenvalue weighted by atomic mass is 9.95. The fourth-order valence-corrected chi connectivity index (χ4v) is 4.12. The molecule has 1 fully saturated rings. The fourth-order valence-electron chi connectivity index (χ4n) is 3.99. The van der Waals surface area contributed by atoms with Gasteiger partial charge in [0, 0.05) is 17.1 Å². The van der Waals surface area contributed by atoms with Crippen molar-refractivity contribution in [2.75, 3.05) is 13.7 Å². The van der Waals surface area contributed by atoms with Crippen molar-refractivity contribution >= 4 is 29.1 Å². The Morgan fingerprint density at radius 1 is 0.941 bits per heavy atom. The largest absolute Gasteiger partial charge is 0.507 e. The summed E-state index contributed by atoms with van der Waals surface area (Å²) in [5.74, 6) is -0.288. The Balaban J connectivity index is 1.80. The van der Waals surface area contributed by atoms with Crippen molar-refractivity contribution in [3.05, 3.63) is 100 Å². The molecule has 1 aliphatic heterocycles. The molecule has 174 valence electrons. The van der Waals surface area contributed by atoms with Gasteiger partial charge in [-0.15, -0.1) is 0 Å². The number of Topliss-reactive ketones (excluding diaryl/α,β-unsaturated/α-hetero) is 1. The minimum Gasteiger partial charge on any atom is -0.507 e. The van der Waals surface area contributed by atoms with E-state index in [2.05, 4.69) is 0 Å². The van der Waals surface area contributed by atoms with Gasteiger partial charge in [-0.25, -0.2) is 0 Å². The number of likely N-dealkylation sites (tertiary alicyclic amines) is 1. The van der Waals surface area contributed by atoms with Gasteiger partial charge in [-0.3, -0.25) is 9.59 Å². The van der Waals surface area contributed by atoms with Gasteiger partial charge in [0.2, 0.25) is 0 Å². The van der Waals surface area contributed by atoms with Crippen LogP contribution in [0.2, 0.25) is 5.02 Å². The van der Waals surface area contributed by atoms with Crippen LogP contribution in [0.3, 0.4) is 0 Å². The molecule has 0 bridgehead atoms. The second kappa shape index (κ2) is 10.0. The average molecular weight is 478 g/mol. The van der Waals surface area contributed by atoms with Crippen LogP contribution >= 0.6 is 11.6 Å². The number of ketones is 1. The molecule has 7 heteroatoms. The molecule has 1 atom stereocenters. The zero-order valence-electron chi connectivity index (χ0n) is 18.8. The van der Waals surface area contributed by atoms with Gasteiger partial charge in [0.05, 0.1) is 25.3 Å². The SMILES string of the molecule is CCOc1ccc(C2/C(=C(/O)c3ccc(Cl)cc3)C(=O)C(=O)N2Cc2ccc(OC)cc2)cc1. The molecule has 4 rings (SSSR count). The Bertz CT molecular complexity index is 1220. The highest BCUT2D eigenvalue weighted by Gasteiger charge is 2.46. The molecule has 34 heavy (non-hydrogen) atoms. The number of nitrogens with zero attached hydrogens (tertiary/aromatic N) is 1. The number of benzene rings is 3. The number of hydrogen-bond donors (Lipinski definition) is 1. The predicted molar refractivity (Wildman–Crippen MR) is 130 cm³/mol. The normalized spacial score (nSPS) is 17.1. The maximum absolute atomic E-state index is 13.2. The van der Waals surface area contributed by atoms with E-state index in [1.54, 1.807) is 67.8 Å². The first kappa shape index (κ1) is 23.4. The van der Waals surface area contributed by atoms with E-state index < -0.39 is 17.7 Å². The summed E-state index contributed by atoms with van der Waals surface area (Å²) in [7, 11) is 1.58. The predicted octanol–water partition coefficient (Wildman–Crippen LogP) is 5.37. The summed E-state index contributed by atoms with van der Waals surface area (Å²) >= 11 is 5.98. The molecule has 1 amide bonds. The van der Waals surface area contributed by atoms with Crippen LogP contribution in [0.4, 0.5) is 0 Å². The van der Waals surface area contributed by atoms with E-state index in [0.717, 1.165) is 5.56 Å². The van der Waals surface area contributed by atoms with E-state index in [0.29, 0.717) is 34.3 Å². The molecule has 0 radical (unpaired) electrons. The van der Waals surface area contributed by atoms with Crippen LogP contribution in [-0.4, -0.2) is 35.4 Å². The lowest BCUT2D eigenvalue weighted by Crippen LogP contribution is -2.29. The summed E-state index contributed by atoms with van der Waals surface area (Å²) in [6.07, 6.45) is 0. The molecule has 1 saturated heterocycles. The summed E-state index contributed by atoms with van der Waals surface area (Å²) in [5, 5.41) is 11.6. The Morgan fingerprint density at radius 3 is 2.15 bits per heavy atom. The van der Waals surface area contributed by atoms with Crippen molar-refractivity contribution in [2.24, 2.45) is 0 Å². The lowest BCUT2D eigenvalue weighted by molar-refractivity contribution is -0.140. The van der Waals surface area contributed by atoms with E-state index in [1.807, 2.05) is 19.1 Å². The highest BCUT2D eigenvalue weighted by atomic mass is 35.5. The van der Waals surface area contributed by atoms with Crippen LogP contribution in [0.15, 0.2) is 78.4 Å². The Morgan fingerprint density at radius 2 is 1.56 bits per heavy atom. The number of methoxy groups -OCH3 is 1. The van der Waals surface area contributed by atoms with Crippen LogP contribution in [0, 0.1) is 0 Å². The lowest BCUT2D eigenvalue weighted by Gasteiger charge is -2.25. The van der Waals surface area contributed by atoms with Gasteiger partial charge in [-0.05, 0) is 66.6 Å². The summed E-state index contributed by atoms with van der Waals surface area (Å²) < 4.78 is 10.7. The van der Waals surface area contributed by atoms with Gasteiger partial charge in [0.15, 0.2) is 0 Å². The van der Waals surface area contributed by atoms with Crippen LogP contribution in [0.5, 0.6) is 11.5 Å². The maximum atomic E-state index is 13.2. The highest BCUT2D eigenvalue weighted by molar-refractivity contribution is 6.46. The Kier molecular flexibility index (Phi) is 6.89. The Hall–Kier alpha value is -3.77. The van der Waals surface area contributed by atoms with E-state index >= 15 is 0 Å². The van der Waals surface area contributed by atoms with Crippen LogP contribution in [-0.2, 0) is 16.1 Å². The number of hydrogen-bond acceptors (Lipinski definition) is 5. The van der Waals surface area contributed by atoms with Gasteiger partial charge < -0.3 is 19.5 Å². The second-order valence-electron chi connectivity index (χ2n) is 7.78. The summed E-state index contributed by atoms with van der Waals surface area (Å²) in [6.45, 7) is 2.60. The third-order valence-corrected chi connectivity index (χ3v) is 5.93. The zero-order chi connectivity index (χ0) is 24.2. The summed E-state index contributed by atoms with van der Waals surface area (Å²) in [4.78, 5) is 27.8. The molecular formula is C27H24ClNO5. The van der Waals surface area contributed by atoms with Crippen LogP contribution in [0.25, 0.3) is 5.76 Å². The third-order valence-electron chi connectivity index (χ3n) is 5.68. The minimum atomic E-state index is -0.770. The highest BCUT2D eigenvalue weighted by Crippen LogP contribution is 2.40. The molecule has 3 aromatic carbocycles. The smallest absolute Gasteiger partial charge is 0.295 e. The number of aliphatic hydroxyl groups excluding tert-OH is 1. The maximum Gasteiger partial charge on any atom is 0.295 e. The molecule has 0 spiro atoms. The van der Waals surface area contributed by atoms with Crippen molar-refractivity contribution < 1.29 is 24.2 Å². The third kappa shape index (κ3) is 4.63. The van der Waals surface area contributed by atoms with Crippen LogP contribution < -0.4 is 9.47 Å². The van der Waals surface area contributed by atoms with Crippen molar-refractivity contribution in [3.63, 3.8) is 0 Å². The molecule has 1 N–H and O–H groups in total. The van der Waals surface area contributed by atoms with Gasteiger partial charge in [0.1, 0.15) is 17.3 Å². The molecule has 1 heterocycles. The van der Waals surface area contributed by atoms with Gasteiger partial charge >= 0.3 is 0 Å².